The Morgan fingerprint density at radius 3 is 2.47 bits per heavy atom. The van der Waals surface area contributed by atoms with Crippen LogP contribution >= 0.6 is 0 Å². The molecule has 2 atom stereocenters. The number of carboxylic acids is 1. The molecule has 1 fully saturated rings. The molecule has 2 unspecified atom stereocenters. The fourth-order valence-corrected chi connectivity index (χ4v) is 5.54. The minimum Gasteiger partial charge on any atom is -0.478 e. The number of rotatable bonds is 5. The number of imidazole rings is 1. The summed E-state index contributed by atoms with van der Waals surface area (Å²) >= 11 is 0. The van der Waals surface area contributed by atoms with Crippen molar-refractivity contribution >= 4 is 17.0 Å². The van der Waals surface area contributed by atoms with Crippen LogP contribution in [-0.2, 0) is 6.42 Å². The second-order valence-electron chi connectivity index (χ2n) is 10.3. The first-order valence-corrected chi connectivity index (χ1v) is 11.4. The lowest BCUT2D eigenvalue weighted by Gasteiger charge is -2.40. The van der Waals surface area contributed by atoms with E-state index in [9.17, 15) is 23.1 Å². The second-order valence-corrected chi connectivity index (χ2v) is 10.3. The van der Waals surface area contributed by atoms with E-state index in [0.29, 0.717) is 23.4 Å². The molecule has 1 aliphatic carbocycles. The lowest BCUT2D eigenvalue weighted by molar-refractivity contribution is -0.274. The standard InChI is InChI=1S/C26H29F3N2O3/c1-15-9-18(14-25(3,4)13-15)31-22-10-16(2)20(24(32)33)12-21(22)30-23(31)11-17-5-7-19(8-6-17)34-26(27,28)29/h5-8,10,12,15,18H,9,11,13-14H2,1-4H3,(H,32,33). The second kappa shape index (κ2) is 8.64. The van der Waals surface area contributed by atoms with Crippen molar-refractivity contribution < 1.29 is 27.8 Å². The van der Waals surface area contributed by atoms with Gasteiger partial charge >= 0.3 is 12.3 Å². The van der Waals surface area contributed by atoms with Crippen molar-refractivity contribution in [1.82, 2.24) is 9.55 Å². The van der Waals surface area contributed by atoms with E-state index in [0.717, 1.165) is 36.2 Å². The number of fused-ring (bicyclic) bond motifs is 1. The van der Waals surface area contributed by atoms with Gasteiger partial charge in [0.25, 0.3) is 0 Å². The number of nitrogens with zero attached hydrogens (tertiary/aromatic N) is 2. The van der Waals surface area contributed by atoms with Crippen molar-refractivity contribution in [2.24, 2.45) is 11.3 Å². The number of ether oxygens (including phenoxy) is 1. The van der Waals surface area contributed by atoms with Crippen molar-refractivity contribution in [2.75, 3.05) is 0 Å². The number of carboxylic acid groups (broad SMARTS) is 1. The molecule has 1 aliphatic rings. The van der Waals surface area contributed by atoms with Crippen LogP contribution in [0.4, 0.5) is 13.2 Å². The largest absolute Gasteiger partial charge is 0.573 e. The van der Waals surface area contributed by atoms with Gasteiger partial charge in [-0.3, -0.25) is 0 Å². The van der Waals surface area contributed by atoms with Gasteiger partial charge in [-0.25, -0.2) is 9.78 Å². The molecule has 182 valence electrons. The Morgan fingerprint density at radius 2 is 1.88 bits per heavy atom. The third-order valence-corrected chi connectivity index (χ3v) is 6.59. The highest BCUT2D eigenvalue weighted by molar-refractivity contribution is 5.94. The van der Waals surface area contributed by atoms with Crippen LogP contribution in [0.3, 0.4) is 0 Å². The van der Waals surface area contributed by atoms with Crippen molar-refractivity contribution in [1.29, 1.82) is 0 Å². The highest BCUT2D eigenvalue weighted by Gasteiger charge is 2.35. The third-order valence-electron chi connectivity index (χ3n) is 6.59. The number of aromatic nitrogens is 2. The van der Waals surface area contributed by atoms with E-state index in [4.69, 9.17) is 4.98 Å². The predicted molar refractivity (Wildman–Crippen MR) is 123 cm³/mol. The maximum atomic E-state index is 12.5. The maximum Gasteiger partial charge on any atom is 0.573 e. The first-order chi connectivity index (χ1) is 15.8. The van der Waals surface area contributed by atoms with Crippen molar-refractivity contribution in [3.8, 4) is 5.75 Å². The van der Waals surface area contributed by atoms with Crippen LogP contribution in [0.15, 0.2) is 36.4 Å². The van der Waals surface area contributed by atoms with E-state index < -0.39 is 12.3 Å². The lowest BCUT2D eigenvalue weighted by Crippen LogP contribution is -2.30. The summed E-state index contributed by atoms with van der Waals surface area (Å²) in [5.74, 6) is 0.0334. The number of hydrogen-bond acceptors (Lipinski definition) is 3. The average Bonchev–Trinajstić information content (AvgIpc) is 3.02. The van der Waals surface area contributed by atoms with Crippen LogP contribution < -0.4 is 4.74 Å². The molecule has 1 saturated carbocycles. The molecule has 0 spiro atoms. The molecule has 1 heterocycles. The number of carbonyl (C=O) groups is 1. The zero-order valence-electron chi connectivity index (χ0n) is 19.7. The molecule has 0 saturated heterocycles. The predicted octanol–water partition coefficient (Wildman–Crippen LogP) is 6.92. The topological polar surface area (TPSA) is 64.3 Å². The Bertz CT molecular complexity index is 1210. The molecular formula is C26H29F3N2O3. The van der Waals surface area contributed by atoms with Gasteiger partial charge in [-0.1, -0.05) is 32.9 Å². The first-order valence-electron chi connectivity index (χ1n) is 11.4. The molecule has 1 aromatic heterocycles. The highest BCUT2D eigenvalue weighted by atomic mass is 19.4. The SMILES string of the molecule is Cc1cc2c(cc1C(=O)O)nc(Cc1ccc(OC(F)(F)F)cc1)n2C1CC(C)CC(C)(C)C1. The van der Waals surface area contributed by atoms with Gasteiger partial charge in [-0.05, 0) is 72.9 Å². The highest BCUT2D eigenvalue weighted by Crippen LogP contribution is 2.45. The van der Waals surface area contributed by atoms with Gasteiger partial charge in [0.15, 0.2) is 0 Å². The van der Waals surface area contributed by atoms with Crippen LogP contribution in [0, 0.1) is 18.3 Å². The Balaban J connectivity index is 1.77. The molecule has 2 aromatic carbocycles. The van der Waals surface area contributed by atoms with Gasteiger partial charge in [-0.2, -0.15) is 0 Å². The van der Waals surface area contributed by atoms with Crippen molar-refractivity contribution in [3.05, 3.63) is 58.9 Å². The Kier molecular flexibility index (Phi) is 6.12. The maximum absolute atomic E-state index is 12.5. The first kappa shape index (κ1) is 24.1. The number of aromatic carboxylic acids is 1. The normalized spacial score (nSPS) is 20.4. The van der Waals surface area contributed by atoms with Crippen LogP contribution in [0.1, 0.15) is 73.4 Å². The molecular weight excluding hydrogens is 445 g/mol. The van der Waals surface area contributed by atoms with E-state index in [1.165, 1.54) is 12.1 Å². The summed E-state index contributed by atoms with van der Waals surface area (Å²) in [7, 11) is 0. The fourth-order valence-electron chi connectivity index (χ4n) is 5.54. The lowest BCUT2D eigenvalue weighted by atomic mass is 9.70. The molecule has 0 bridgehead atoms. The molecule has 34 heavy (non-hydrogen) atoms. The molecule has 8 heteroatoms. The Hall–Kier alpha value is -3.03. The fraction of sp³-hybridized carbons (Fsp3) is 0.462. The van der Waals surface area contributed by atoms with Crippen LogP contribution in [0.2, 0.25) is 0 Å². The zero-order chi connectivity index (χ0) is 24.8. The number of aryl methyl sites for hydroxylation is 1. The summed E-state index contributed by atoms with van der Waals surface area (Å²) in [6.45, 7) is 8.57. The van der Waals surface area contributed by atoms with Crippen molar-refractivity contribution in [3.63, 3.8) is 0 Å². The van der Waals surface area contributed by atoms with E-state index in [2.05, 4.69) is 30.1 Å². The quantitative estimate of drug-likeness (QED) is 0.436. The molecule has 0 amide bonds. The molecule has 1 N–H and O–H groups in total. The number of benzene rings is 2. The molecule has 5 nitrogen and oxygen atoms in total. The molecule has 4 rings (SSSR count). The van der Waals surface area contributed by atoms with Crippen LogP contribution in [0.5, 0.6) is 5.75 Å². The van der Waals surface area contributed by atoms with Gasteiger partial charge < -0.3 is 14.4 Å². The molecule has 0 radical (unpaired) electrons. The van der Waals surface area contributed by atoms with Crippen molar-refractivity contribution in [2.45, 2.75) is 65.8 Å². The van der Waals surface area contributed by atoms with E-state index in [-0.39, 0.29) is 22.8 Å². The number of hydrogen-bond donors (Lipinski definition) is 1. The molecule has 0 aliphatic heterocycles. The molecule has 3 aromatic rings. The zero-order valence-corrected chi connectivity index (χ0v) is 19.7. The summed E-state index contributed by atoms with van der Waals surface area (Å²) < 4.78 is 43.7. The summed E-state index contributed by atoms with van der Waals surface area (Å²) in [5, 5.41) is 9.57. The minimum atomic E-state index is -4.74. The smallest absolute Gasteiger partial charge is 0.478 e. The summed E-state index contributed by atoms with van der Waals surface area (Å²) in [6, 6.07) is 9.51. The average molecular weight is 475 g/mol. The third kappa shape index (κ3) is 5.21. The summed E-state index contributed by atoms with van der Waals surface area (Å²) in [6.07, 6.45) is -1.24. The van der Waals surface area contributed by atoms with E-state index in [1.807, 2.05) is 6.07 Å². The monoisotopic (exact) mass is 474 g/mol. The Labute approximate surface area is 196 Å². The van der Waals surface area contributed by atoms with Crippen LogP contribution in [-0.4, -0.2) is 27.0 Å². The van der Waals surface area contributed by atoms with Gasteiger partial charge in [0.1, 0.15) is 11.6 Å². The van der Waals surface area contributed by atoms with Gasteiger partial charge in [0, 0.05) is 12.5 Å². The van der Waals surface area contributed by atoms with E-state index >= 15 is 0 Å². The summed E-state index contributed by atoms with van der Waals surface area (Å²) in [4.78, 5) is 16.5. The summed E-state index contributed by atoms with van der Waals surface area (Å²) in [5.41, 5.74) is 3.35. The van der Waals surface area contributed by atoms with Gasteiger partial charge in [0.05, 0.1) is 16.6 Å². The van der Waals surface area contributed by atoms with Gasteiger partial charge in [0.2, 0.25) is 0 Å². The minimum absolute atomic E-state index is 0.156. The van der Waals surface area contributed by atoms with E-state index in [1.54, 1.807) is 25.1 Å². The Morgan fingerprint density at radius 1 is 1.21 bits per heavy atom. The van der Waals surface area contributed by atoms with Gasteiger partial charge in [-0.15, -0.1) is 13.2 Å². The number of halogens is 3. The van der Waals surface area contributed by atoms with Crippen LogP contribution in [0.25, 0.3) is 11.0 Å². The number of alkyl halides is 3.